The van der Waals surface area contributed by atoms with Crippen molar-refractivity contribution >= 4 is 17.8 Å². The van der Waals surface area contributed by atoms with Crippen LogP contribution in [0.2, 0.25) is 0 Å². The fourth-order valence-electron chi connectivity index (χ4n) is 7.41. The second kappa shape index (κ2) is 10.4. The van der Waals surface area contributed by atoms with E-state index in [1.807, 2.05) is 24.3 Å². The first kappa shape index (κ1) is 26.0. The lowest BCUT2D eigenvalue weighted by Crippen LogP contribution is -2.50. The molecule has 40 heavy (non-hydrogen) atoms. The third-order valence-corrected chi connectivity index (χ3v) is 8.81. The van der Waals surface area contributed by atoms with Crippen LogP contribution in [0.25, 0.3) is 22.5 Å². The molecule has 1 aromatic heterocycles. The van der Waals surface area contributed by atoms with E-state index in [-0.39, 0.29) is 17.4 Å². The van der Waals surface area contributed by atoms with Gasteiger partial charge in [0.25, 0.3) is 5.91 Å². The van der Waals surface area contributed by atoms with E-state index in [2.05, 4.69) is 11.4 Å². The summed E-state index contributed by atoms with van der Waals surface area (Å²) in [6, 6.07) is 16.7. The van der Waals surface area contributed by atoms with Gasteiger partial charge in [-0.15, -0.1) is 0 Å². The van der Waals surface area contributed by atoms with E-state index in [4.69, 9.17) is 18.6 Å². The molecule has 0 radical (unpaired) electrons. The molecule has 3 aromatic rings. The summed E-state index contributed by atoms with van der Waals surface area (Å²) in [7, 11) is 3.17. The third kappa shape index (κ3) is 4.70. The molecule has 1 heterocycles. The topological polar surface area (TPSA) is 111 Å². The number of anilines is 1. The summed E-state index contributed by atoms with van der Waals surface area (Å²) in [4.78, 5) is 26.2. The Hall–Kier alpha value is -4.25. The number of nitrogens with zero attached hydrogens (tertiary/aromatic N) is 1. The van der Waals surface area contributed by atoms with E-state index in [1.165, 1.54) is 19.3 Å². The molecule has 2 aromatic carbocycles. The molecule has 0 spiro atoms. The summed E-state index contributed by atoms with van der Waals surface area (Å²) < 4.78 is 22.3. The molecular formula is C32H32N2O6. The smallest absolute Gasteiger partial charge is 0.312 e. The number of hydrogen-bond acceptors (Lipinski definition) is 7. The highest BCUT2D eigenvalue weighted by Gasteiger charge is 2.55. The monoisotopic (exact) mass is 540 g/mol. The average molecular weight is 541 g/mol. The molecule has 8 heteroatoms. The second-order valence-electron chi connectivity index (χ2n) is 11.4. The van der Waals surface area contributed by atoms with Crippen LogP contribution in [-0.2, 0) is 14.3 Å². The summed E-state index contributed by atoms with van der Waals surface area (Å²) in [5.41, 5.74) is 1.70. The lowest BCUT2D eigenvalue weighted by atomic mass is 9.49. The van der Waals surface area contributed by atoms with Crippen molar-refractivity contribution in [3.05, 3.63) is 54.1 Å². The number of carbonyl (C=O) groups is 2. The molecule has 4 aliphatic carbocycles. The number of rotatable bonds is 8. The molecule has 7 rings (SSSR count). The number of esters is 1. The van der Waals surface area contributed by atoms with Gasteiger partial charge in [0.2, 0.25) is 5.88 Å². The maximum absolute atomic E-state index is 13.2. The summed E-state index contributed by atoms with van der Waals surface area (Å²) >= 11 is 0. The van der Waals surface area contributed by atoms with Crippen molar-refractivity contribution in [2.24, 2.45) is 23.2 Å². The number of benzene rings is 2. The summed E-state index contributed by atoms with van der Waals surface area (Å²) in [6.07, 6.45) is 6.26. The van der Waals surface area contributed by atoms with Gasteiger partial charge in [-0.2, -0.15) is 5.26 Å². The summed E-state index contributed by atoms with van der Waals surface area (Å²) in [5, 5.41) is 12.8. The van der Waals surface area contributed by atoms with Gasteiger partial charge >= 0.3 is 5.97 Å². The largest absolute Gasteiger partial charge is 0.497 e. The van der Waals surface area contributed by atoms with Crippen molar-refractivity contribution < 1.29 is 28.2 Å². The molecule has 0 atom stereocenters. The quantitative estimate of drug-likeness (QED) is 0.339. The summed E-state index contributed by atoms with van der Waals surface area (Å²) in [5.74, 6) is 2.76. The van der Waals surface area contributed by atoms with E-state index in [9.17, 15) is 14.9 Å². The van der Waals surface area contributed by atoms with E-state index in [0.29, 0.717) is 46.1 Å². The highest BCUT2D eigenvalue weighted by atomic mass is 16.5. The molecule has 4 fully saturated rings. The molecule has 4 saturated carbocycles. The molecule has 1 N–H and O–H groups in total. The van der Waals surface area contributed by atoms with Crippen molar-refractivity contribution in [2.75, 3.05) is 26.1 Å². The average Bonchev–Trinajstić information content (AvgIpc) is 3.33. The van der Waals surface area contributed by atoms with Gasteiger partial charge in [-0.1, -0.05) is 12.1 Å². The van der Waals surface area contributed by atoms with Crippen LogP contribution >= 0.6 is 0 Å². The van der Waals surface area contributed by atoms with Crippen molar-refractivity contribution in [1.82, 2.24) is 0 Å². The number of amides is 1. The molecule has 0 unspecified atom stereocenters. The third-order valence-electron chi connectivity index (χ3n) is 8.81. The van der Waals surface area contributed by atoms with Crippen molar-refractivity contribution in [3.8, 4) is 40.0 Å². The minimum absolute atomic E-state index is 0.00925. The predicted octanol–water partition coefficient (Wildman–Crippen LogP) is 6.20. The number of furan rings is 1. The van der Waals surface area contributed by atoms with Crippen molar-refractivity contribution in [3.63, 3.8) is 0 Å². The second-order valence-corrected chi connectivity index (χ2v) is 11.4. The molecule has 0 saturated heterocycles. The van der Waals surface area contributed by atoms with Crippen LogP contribution in [0.15, 0.2) is 52.9 Å². The van der Waals surface area contributed by atoms with Gasteiger partial charge in [0, 0.05) is 11.1 Å². The fraction of sp³-hybridized carbons (Fsp3) is 0.406. The lowest BCUT2D eigenvalue weighted by molar-refractivity contribution is -0.172. The lowest BCUT2D eigenvalue weighted by Gasteiger charge is -2.55. The first-order valence-electron chi connectivity index (χ1n) is 13.7. The van der Waals surface area contributed by atoms with Crippen LogP contribution in [0.4, 0.5) is 5.88 Å². The zero-order valence-electron chi connectivity index (χ0n) is 22.7. The van der Waals surface area contributed by atoms with Gasteiger partial charge in [0.15, 0.2) is 6.61 Å². The molecule has 0 aliphatic heterocycles. The Balaban J connectivity index is 1.24. The minimum Gasteiger partial charge on any atom is -0.497 e. The first-order chi connectivity index (χ1) is 19.4. The van der Waals surface area contributed by atoms with Gasteiger partial charge in [0.05, 0.1) is 19.6 Å². The van der Waals surface area contributed by atoms with Crippen LogP contribution in [0.3, 0.4) is 0 Å². The summed E-state index contributed by atoms with van der Waals surface area (Å²) in [6.45, 7) is -0.429. The van der Waals surface area contributed by atoms with Gasteiger partial charge in [-0.25, -0.2) is 0 Å². The minimum atomic E-state index is -0.550. The molecule has 8 nitrogen and oxygen atoms in total. The molecular weight excluding hydrogens is 508 g/mol. The number of ether oxygens (including phenoxy) is 3. The highest BCUT2D eigenvalue weighted by Crippen LogP contribution is 2.60. The Morgan fingerprint density at radius 3 is 1.93 bits per heavy atom. The number of hydrogen-bond donors (Lipinski definition) is 1. The van der Waals surface area contributed by atoms with Crippen LogP contribution < -0.4 is 14.8 Å². The number of methoxy groups -OCH3 is 2. The Morgan fingerprint density at radius 1 is 0.900 bits per heavy atom. The number of carbonyl (C=O) groups excluding carboxylic acids is 2. The predicted molar refractivity (Wildman–Crippen MR) is 148 cm³/mol. The Labute approximate surface area is 233 Å². The van der Waals surface area contributed by atoms with Crippen LogP contribution in [0.5, 0.6) is 11.5 Å². The Morgan fingerprint density at radius 2 is 1.43 bits per heavy atom. The van der Waals surface area contributed by atoms with E-state index >= 15 is 0 Å². The maximum Gasteiger partial charge on any atom is 0.312 e. The molecule has 4 aliphatic rings. The normalized spacial score (nSPS) is 24.3. The standard InChI is InChI=1S/C32H32N2O6/c1-37-24-7-3-22(4-8-24)28-26(17-33)30(40-29(28)23-5-9-25(38-2)10-6-23)34-27(35)18-39-31(36)32-14-19-11-20(15-32)13-21(12-19)16-32/h3-10,19-21H,11-16,18H2,1-2H3,(H,34,35). The fourth-order valence-corrected chi connectivity index (χ4v) is 7.41. The zero-order valence-corrected chi connectivity index (χ0v) is 22.7. The van der Waals surface area contributed by atoms with Crippen molar-refractivity contribution in [1.29, 1.82) is 5.26 Å². The number of nitriles is 1. The van der Waals surface area contributed by atoms with Gasteiger partial charge in [-0.3, -0.25) is 14.9 Å². The van der Waals surface area contributed by atoms with Crippen molar-refractivity contribution in [2.45, 2.75) is 38.5 Å². The molecule has 206 valence electrons. The molecule has 4 bridgehead atoms. The van der Waals surface area contributed by atoms with Crippen LogP contribution in [0, 0.1) is 34.5 Å². The highest BCUT2D eigenvalue weighted by molar-refractivity contribution is 5.97. The Bertz CT molecular complexity index is 1430. The van der Waals surface area contributed by atoms with Gasteiger partial charge < -0.3 is 18.6 Å². The maximum atomic E-state index is 13.2. The number of nitrogens with one attached hydrogen (secondary N) is 1. The molecule has 1 amide bonds. The van der Waals surface area contributed by atoms with Crippen LogP contribution in [-0.4, -0.2) is 32.7 Å². The van der Waals surface area contributed by atoms with E-state index < -0.39 is 17.9 Å². The van der Waals surface area contributed by atoms with Gasteiger partial charge in [-0.05, 0) is 98.2 Å². The Kier molecular flexibility index (Phi) is 6.75. The van der Waals surface area contributed by atoms with E-state index in [1.54, 1.807) is 38.5 Å². The van der Waals surface area contributed by atoms with E-state index in [0.717, 1.165) is 24.8 Å². The zero-order chi connectivity index (χ0) is 27.9. The first-order valence-corrected chi connectivity index (χ1v) is 13.7. The van der Waals surface area contributed by atoms with Crippen LogP contribution in [0.1, 0.15) is 44.1 Å². The van der Waals surface area contributed by atoms with Gasteiger partial charge in [0.1, 0.15) is 28.9 Å². The SMILES string of the molecule is COc1ccc(-c2oc(NC(=O)COC(=O)C34CC5CC(CC(C5)C3)C4)c(C#N)c2-c2ccc(OC)cc2)cc1.